The Hall–Kier alpha value is -5.08. The lowest BCUT2D eigenvalue weighted by molar-refractivity contribution is -0.384. The van der Waals surface area contributed by atoms with Crippen molar-refractivity contribution in [2.24, 2.45) is 5.92 Å². The highest BCUT2D eigenvalue weighted by Gasteiger charge is 2.57. The molecule has 4 aromatic rings. The summed E-state index contributed by atoms with van der Waals surface area (Å²) in [6, 6.07) is 19.2. The van der Waals surface area contributed by atoms with Gasteiger partial charge in [-0.25, -0.2) is 9.69 Å². The molecule has 3 aromatic carbocycles. The number of non-ortho nitro benzene ring substituents is 1. The number of anilines is 2. The number of thioether (sulfide) groups is 1. The van der Waals surface area contributed by atoms with Crippen LogP contribution < -0.4 is 15.1 Å². The van der Waals surface area contributed by atoms with Gasteiger partial charge in [0.25, 0.3) is 5.69 Å². The lowest BCUT2D eigenvalue weighted by atomic mass is 9.81. The van der Waals surface area contributed by atoms with Gasteiger partial charge in [0.05, 0.1) is 33.7 Å². The summed E-state index contributed by atoms with van der Waals surface area (Å²) in [5, 5.41) is 13.5. The minimum Gasteiger partial charge on any atom is -0.462 e. The highest BCUT2D eigenvalue weighted by atomic mass is 32.2. The minimum atomic E-state index is -0.916. The number of fused-ring (bicyclic) bond motifs is 2. The molecule has 3 amide bonds. The van der Waals surface area contributed by atoms with Crippen LogP contribution in [-0.2, 0) is 31.1 Å². The lowest BCUT2D eigenvalue weighted by Crippen LogP contribution is -2.33. The van der Waals surface area contributed by atoms with Gasteiger partial charge in [-0.05, 0) is 59.9 Å². The van der Waals surface area contributed by atoms with Crippen molar-refractivity contribution >= 4 is 63.9 Å². The zero-order valence-electron chi connectivity index (χ0n) is 27.0. The molecule has 0 unspecified atom stereocenters. The van der Waals surface area contributed by atoms with E-state index >= 15 is 0 Å². The number of nitrogens with zero attached hydrogens (tertiary/aromatic N) is 3. The van der Waals surface area contributed by atoms with Gasteiger partial charge in [0.1, 0.15) is 11.8 Å². The Morgan fingerprint density at radius 3 is 2.18 bits per heavy atom. The fourth-order valence-electron chi connectivity index (χ4n) is 6.03. The molecule has 2 aliphatic rings. The number of hydrogen-bond donors (Lipinski definition) is 1. The van der Waals surface area contributed by atoms with E-state index in [0.717, 1.165) is 39.1 Å². The molecule has 3 heterocycles. The summed E-state index contributed by atoms with van der Waals surface area (Å²) in [6.45, 7) is 7.84. The maximum absolute atomic E-state index is 14.1. The second-order valence-corrected chi connectivity index (χ2v) is 14.8. The van der Waals surface area contributed by atoms with Crippen molar-refractivity contribution in [1.82, 2.24) is 4.57 Å². The number of rotatable bonds is 8. The smallest absolute Gasteiger partial charge is 0.338 e. The van der Waals surface area contributed by atoms with Crippen LogP contribution in [0.1, 0.15) is 60.0 Å². The maximum atomic E-state index is 14.1. The summed E-state index contributed by atoms with van der Waals surface area (Å²) >= 11 is 2.02. The number of carbonyl (C=O) groups excluding carboxylic acids is 4. The van der Waals surface area contributed by atoms with Crippen LogP contribution in [0.3, 0.4) is 0 Å². The maximum Gasteiger partial charge on any atom is 0.338 e. The van der Waals surface area contributed by atoms with E-state index in [0.29, 0.717) is 21.2 Å². The van der Waals surface area contributed by atoms with Crippen LogP contribution in [0.15, 0.2) is 82.6 Å². The summed E-state index contributed by atoms with van der Waals surface area (Å²) in [4.78, 5) is 78.8. The third-order valence-corrected chi connectivity index (χ3v) is 11.1. The van der Waals surface area contributed by atoms with Crippen LogP contribution in [0.2, 0.25) is 0 Å². The molecule has 0 aliphatic carbocycles. The SMILES string of the molecule is CCOC(=O)c1ccc(NC(=O)Cn2c3c(sc2=O)[C@@H](c2ccc(C(C)(C)C)cc2)[C@H]2C(=O)N(c4ccc([N+](=O)[O-])cc4)C(=O)[C@H]2S3)cc1. The Morgan fingerprint density at radius 1 is 0.939 bits per heavy atom. The normalized spacial score (nSPS) is 18.5. The number of hydrogen-bond acceptors (Lipinski definition) is 10. The number of benzene rings is 3. The summed E-state index contributed by atoms with van der Waals surface area (Å²) in [5.74, 6) is -3.48. The van der Waals surface area contributed by atoms with Gasteiger partial charge in [-0.3, -0.25) is 33.9 Å². The third kappa shape index (κ3) is 6.41. The van der Waals surface area contributed by atoms with Crippen molar-refractivity contribution < 1.29 is 28.8 Å². The van der Waals surface area contributed by atoms with E-state index in [9.17, 15) is 34.1 Å². The van der Waals surface area contributed by atoms with Crippen molar-refractivity contribution in [3.63, 3.8) is 0 Å². The van der Waals surface area contributed by atoms with Crippen LogP contribution >= 0.6 is 23.1 Å². The van der Waals surface area contributed by atoms with E-state index in [4.69, 9.17) is 4.74 Å². The second-order valence-electron chi connectivity index (χ2n) is 12.7. The van der Waals surface area contributed by atoms with Gasteiger partial charge in [-0.15, -0.1) is 0 Å². The van der Waals surface area contributed by atoms with Crippen molar-refractivity contribution in [2.45, 2.75) is 55.8 Å². The summed E-state index contributed by atoms with van der Waals surface area (Å²) < 4.78 is 6.32. The van der Waals surface area contributed by atoms with Crippen LogP contribution in [0, 0.1) is 16.0 Å². The fourth-order valence-corrected chi connectivity index (χ4v) is 8.80. The van der Waals surface area contributed by atoms with Gasteiger partial charge in [0.15, 0.2) is 0 Å². The second kappa shape index (κ2) is 13.1. The molecular formula is C35H32N4O8S2. The molecule has 0 spiro atoms. The van der Waals surface area contributed by atoms with E-state index in [1.165, 1.54) is 41.0 Å². The van der Waals surface area contributed by atoms with Gasteiger partial charge in [0, 0.05) is 28.6 Å². The molecular weight excluding hydrogens is 669 g/mol. The fraction of sp³-hybridized carbons (Fsp3) is 0.286. The molecule has 49 heavy (non-hydrogen) atoms. The van der Waals surface area contributed by atoms with Crippen LogP contribution in [-0.4, -0.2) is 45.0 Å². The van der Waals surface area contributed by atoms with Crippen LogP contribution in [0.4, 0.5) is 17.1 Å². The number of thiazole rings is 1. The number of imide groups is 1. The number of nitro groups is 1. The number of esters is 1. The van der Waals surface area contributed by atoms with Gasteiger partial charge in [-0.2, -0.15) is 0 Å². The molecule has 3 atom stereocenters. The Labute approximate surface area is 289 Å². The lowest BCUT2D eigenvalue weighted by Gasteiger charge is -2.31. The Balaban J connectivity index is 1.35. The Morgan fingerprint density at radius 2 is 1.59 bits per heavy atom. The van der Waals surface area contributed by atoms with Crippen molar-refractivity contribution in [3.8, 4) is 0 Å². The predicted octanol–water partition coefficient (Wildman–Crippen LogP) is 5.73. The average molecular weight is 701 g/mol. The molecule has 14 heteroatoms. The first kappa shape index (κ1) is 33.8. The summed E-state index contributed by atoms with van der Waals surface area (Å²) in [6.07, 6.45) is 0. The minimum absolute atomic E-state index is 0.138. The molecule has 1 N–H and O–H groups in total. The van der Waals surface area contributed by atoms with E-state index in [1.807, 2.05) is 24.3 Å². The average Bonchev–Trinajstić information content (AvgIpc) is 3.51. The largest absolute Gasteiger partial charge is 0.462 e. The molecule has 6 rings (SSSR count). The van der Waals surface area contributed by atoms with E-state index in [1.54, 1.807) is 19.1 Å². The first-order valence-electron chi connectivity index (χ1n) is 15.5. The van der Waals surface area contributed by atoms with Crippen molar-refractivity contribution in [1.29, 1.82) is 0 Å². The van der Waals surface area contributed by atoms with E-state index < -0.39 is 50.6 Å². The van der Waals surface area contributed by atoms with E-state index in [-0.39, 0.29) is 29.9 Å². The van der Waals surface area contributed by atoms with Gasteiger partial charge in [0.2, 0.25) is 17.7 Å². The van der Waals surface area contributed by atoms with Gasteiger partial charge >= 0.3 is 10.8 Å². The predicted molar refractivity (Wildman–Crippen MR) is 185 cm³/mol. The molecule has 2 aliphatic heterocycles. The number of amides is 3. The molecule has 1 aromatic heterocycles. The van der Waals surface area contributed by atoms with E-state index in [2.05, 4.69) is 26.1 Å². The summed E-state index contributed by atoms with van der Waals surface area (Å²) in [5.41, 5.74) is 2.45. The highest BCUT2D eigenvalue weighted by Crippen LogP contribution is 2.54. The van der Waals surface area contributed by atoms with Crippen molar-refractivity contribution in [3.05, 3.63) is 114 Å². The number of ether oxygens (including phenoxy) is 1. The van der Waals surface area contributed by atoms with Crippen LogP contribution in [0.5, 0.6) is 0 Å². The van der Waals surface area contributed by atoms with Crippen LogP contribution in [0.25, 0.3) is 0 Å². The molecule has 0 saturated carbocycles. The zero-order chi connectivity index (χ0) is 35.2. The number of nitro benzene ring substituents is 1. The standard InChI is InChI=1S/C35H32N4O8S2/c1-5-47-33(43)20-8-12-22(13-9-20)36-25(40)18-37-32-29(49-34(37)44)26(19-6-10-21(11-7-19)35(2,3)4)27-28(48-32)31(42)38(30(27)41)23-14-16-24(17-15-23)39(45)46/h6-17,26-28H,5,18H2,1-4H3,(H,36,40)/t26-,27+,28-/m0/s1. The molecule has 0 bridgehead atoms. The van der Waals surface area contributed by atoms with Gasteiger partial charge < -0.3 is 10.1 Å². The quantitative estimate of drug-likeness (QED) is 0.105. The first-order valence-corrected chi connectivity index (χ1v) is 17.2. The molecule has 0 radical (unpaired) electrons. The molecule has 252 valence electrons. The monoisotopic (exact) mass is 700 g/mol. The summed E-state index contributed by atoms with van der Waals surface area (Å²) in [7, 11) is 0. The first-order chi connectivity index (χ1) is 23.3. The number of nitrogens with one attached hydrogen (secondary N) is 1. The Kier molecular flexibility index (Phi) is 9.03. The number of carbonyl (C=O) groups is 4. The topological polar surface area (TPSA) is 158 Å². The highest BCUT2D eigenvalue weighted by molar-refractivity contribution is 8.00. The zero-order valence-corrected chi connectivity index (χ0v) is 28.6. The third-order valence-electron chi connectivity index (χ3n) is 8.49. The molecule has 12 nitrogen and oxygen atoms in total. The van der Waals surface area contributed by atoms with Gasteiger partial charge in [-0.1, -0.05) is 68.1 Å². The van der Waals surface area contributed by atoms with Crippen molar-refractivity contribution in [2.75, 3.05) is 16.8 Å². The number of aromatic nitrogens is 1. The molecule has 1 saturated heterocycles. The molecule has 1 fully saturated rings. The Bertz CT molecular complexity index is 2030.